The second-order valence-corrected chi connectivity index (χ2v) is 8.15. The molecule has 3 fully saturated rings. The van der Waals surface area contributed by atoms with E-state index >= 15 is 0 Å². The van der Waals surface area contributed by atoms with Crippen LogP contribution >= 0.6 is 24.0 Å². The highest BCUT2D eigenvalue weighted by atomic mass is 127. The third kappa shape index (κ3) is 4.75. The number of rotatable bonds is 4. The van der Waals surface area contributed by atoms with Crippen molar-refractivity contribution >= 4 is 29.9 Å². The van der Waals surface area contributed by atoms with Crippen LogP contribution in [0.2, 0.25) is 0 Å². The number of nitrogens with zero attached hydrogens (tertiary/aromatic N) is 2. The van der Waals surface area contributed by atoms with E-state index in [-0.39, 0.29) is 41.8 Å². The van der Waals surface area contributed by atoms with Crippen LogP contribution in [0, 0.1) is 5.82 Å². The molecule has 4 atom stereocenters. The molecule has 27 heavy (non-hydrogen) atoms. The second kappa shape index (κ2) is 9.07. The van der Waals surface area contributed by atoms with Gasteiger partial charge in [0.1, 0.15) is 5.82 Å². The third-order valence-electron chi connectivity index (χ3n) is 6.41. The van der Waals surface area contributed by atoms with Crippen LogP contribution in [0.4, 0.5) is 4.39 Å². The second-order valence-electron chi connectivity index (χ2n) is 8.15. The molecule has 2 aliphatic heterocycles. The molecule has 0 amide bonds. The zero-order valence-corrected chi connectivity index (χ0v) is 18.7. The van der Waals surface area contributed by atoms with Crippen LogP contribution in [0.15, 0.2) is 29.3 Å². The van der Waals surface area contributed by atoms with Gasteiger partial charge in [0.05, 0.1) is 0 Å². The van der Waals surface area contributed by atoms with Gasteiger partial charge in [0.15, 0.2) is 5.96 Å². The highest BCUT2D eigenvalue weighted by Crippen LogP contribution is 2.41. The molecule has 1 aromatic carbocycles. The summed E-state index contributed by atoms with van der Waals surface area (Å²) in [7, 11) is 2.28. The van der Waals surface area contributed by atoms with Crippen LogP contribution < -0.4 is 10.6 Å². The molecule has 0 spiro atoms. The van der Waals surface area contributed by atoms with Crippen molar-refractivity contribution in [3.8, 4) is 0 Å². The number of aliphatic imine (C=N–C) groups is 1. The van der Waals surface area contributed by atoms with Crippen LogP contribution in [0.3, 0.4) is 0 Å². The number of nitrogens with one attached hydrogen (secondary N) is 2. The number of hydrogen-bond acceptors (Lipinski definition) is 2. The van der Waals surface area contributed by atoms with Crippen molar-refractivity contribution in [2.24, 2.45) is 4.99 Å². The van der Waals surface area contributed by atoms with E-state index in [1.807, 2.05) is 12.1 Å². The van der Waals surface area contributed by atoms with Crippen molar-refractivity contribution < 1.29 is 4.39 Å². The van der Waals surface area contributed by atoms with Gasteiger partial charge in [0, 0.05) is 36.6 Å². The largest absolute Gasteiger partial charge is 0.354 e. The highest BCUT2D eigenvalue weighted by molar-refractivity contribution is 14.0. The topological polar surface area (TPSA) is 39.7 Å². The Morgan fingerprint density at radius 3 is 2.52 bits per heavy atom. The zero-order chi connectivity index (χ0) is 18.1. The Kier molecular flexibility index (Phi) is 7.00. The van der Waals surface area contributed by atoms with Crippen LogP contribution in [0.1, 0.15) is 56.9 Å². The van der Waals surface area contributed by atoms with Gasteiger partial charge in [-0.05, 0) is 57.7 Å². The van der Waals surface area contributed by atoms with E-state index in [4.69, 9.17) is 0 Å². The Labute approximate surface area is 179 Å². The predicted octanol–water partition coefficient (Wildman–Crippen LogP) is 3.87. The molecule has 2 saturated heterocycles. The minimum atomic E-state index is -0.0908. The van der Waals surface area contributed by atoms with Crippen LogP contribution in [-0.2, 0) is 0 Å². The van der Waals surface area contributed by atoms with Gasteiger partial charge in [0.25, 0.3) is 0 Å². The Hall–Kier alpha value is -0.890. The molecule has 3 aliphatic rings. The van der Waals surface area contributed by atoms with Crippen molar-refractivity contribution in [3.05, 3.63) is 35.6 Å². The molecular weight excluding hydrogens is 454 g/mol. The van der Waals surface area contributed by atoms with E-state index in [1.54, 1.807) is 12.1 Å². The first-order valence-corrected chi connectivity index (χ1v) is 10.2. The van der Waals surface area contributed by atoms with Gasteiger partial charge in [-0.15, -0.1) is 24.0 Å². The molecule has 2 bridgehead atoms. The molecule has 2 heterocycles. The minimum absolute atomic E-state index is 0. The molecule has 1 aromatic rings. The van der Waals surface area contributed by atoms with Gasteiger partial charge in [-0.2, -0.15) is 0 Å². The Balaban J connectivity index is 0.00000210. The van der Waals surface area contributed by atoms with Crippen LogP contribution in [0.5, 0.6) is 0 Å². The SMILES string of the molecule is CCN=C(NC1CC2CCCC(C1)N2C)NC1CC1c1ccccc1F.I. The summed E-state index contributed by atoms with van der Waals surface area (Å²) in [6.45, 7) is 2.82. The molecule has 2 N–H and O–H groups in total. The Morgan fingerprint density at radius 1 is 1.15 bits per heavy atom. The monoisotopic (exact) mass is 486 g/mol. The molecule has 0 radical (unpaired) electrons. The van der Waals surface area contributed by atoms with E-state index in [9.17, 15) is 4.39 Å². The summed E-state index contributed by atoms with van der Waals surface area (Å²) in [4.78, 5) is 7.23. The van der Waals surface area contributed by atoms with Crippen LogP contribution in [-0.4, -0.2) is 48.6 Å². The summed E-state index contributed by atoms with van der Waals surface area (Å²) in [6, 6.07) is 9.33. The summed E-state index contributed by atoms with van der Waals surface area (Å²) in [6.07, 6.45) is 7.36. The lowest BCUT2D eigenvalue weighted by Gasteiger charge is -2.47. The average Bonchev–Trinajstić information content (AvgIpc) is 3.35. The number of halogens is 2. The normalized spacial score (nSPS) is 33.1. The number of benzene rings is 1. The number of guanidine groups is 1. The third-order valence-corrected chi connectivity index (χ3v) is 6.41. The fraction of sp³-hybridized carbons (Fsp3) is 0.667. The number of hydrogen-bond donors (Lipinski definition) is 2. The molecule has 4 nitrogen and oxygen atoms in total. The van der Waals surface area contributed by atoms with Crippen molar-refractivity contribution in [1.82, 2.24) is 15.5 Å². The molecule has 4 unspecified atom stereocenters. The van der Waals surface area contributed by atoms with Gasteiger partial charge in [-0.25, -0.2) is 4.39 Å². The standard InChI is InChI=1S/C21H31FN4.HI/c1-3-23-21(24-14-11-15-7-6-8-16(12-14)26(15)2)25-20-13-18(20)17-9-4-5-10-19(17)22;/h4-5,9-10,14-16,18,20H,3,6-8,11-13H2,1-2H3,(H2,23,24,25);1H. The molecule has 1 saturated carbocycles. The molecular formula is C21H32FIN4. The van der Waals surface area contributed by atoms with Crippen molar-refractivity contribution in [2.45, 2.75) is 75.5 Å². The lowest BCUT2D eigenvalue weighted by Crippen LogP contribution is -2.56. The zero-order valence-electron chi connectivity index (χ0n) is 16.3. The maximum atomic E-state index is 14.0. The van der Waals surface area contributed by atoms with E-state index in [1.165, 1.54) is 32.1 Å². The van der Waals surface area contributed by atoms with Crippen LogP contribution in [0.25, 0.3) is 0 Å². The summed E-state index contributed by atoms with van der Waals surface area (Å²) in [5.74, 6) is 1.08. The van der Waals surface area contributed by atoms with Gasteiger partial charge in [0.2, 0.25) is 0 Å². The van der Waals surface area contributed by atoms with Gasteiger partial charge >= 0.3 is 0 Å². The minimum Gasteiger partial charge on any atom is -0.354 e. The van der Waals surface area contributed by atoms with Crippen molar-refractivity contribution in [3.63, 3.8) is 0 Å². The lowest BCUT2D eigenvalue weighted by molar-refractivity contribution is 0.0526. The summed E-state index contributed by atoms with van der Waals surface area (Å²) < 4.78 is 14.0. The quantitative estimate of drug-likeness (QED) is 0.386. The molecule has 4 rings (SSSR count). The first-order chi connectivity index (χ1) is 12.7. The summed E-state index contributed by atoms with van der Waals surface area (Å²) in [5, 5.41) is 7.23. The fourth-order valence-electron chi connectivity index (χ4n) is 4.87. The molecule has 1 aliphatic carbocycles. The summed E-state index contributed by atoms with van der Waals surface area (Å²) in [5.41, 5.74) is 0.828. The van der Waals surface area contributed by atoms with Gasteiger partial charge in [-0.3, -0.25) is 4.99 Å². The summed E-state index contributed by atoms with van der Waals surface area (Å²) >= 11 is 0. The molecule has 6 heteroatoms. The van der Waals surface area contributed by atoms with Gasteiger partial charge in [-0.1, -0.05) is 24.6 Å². The maximum absolute atomic E-state index is 14.0. The van der Waals surface area contributed by atoms with Crippen molar-refractivity contribution in [1.29, 1.82) is 0 Å². The Morgan fingerprint density at radius 2 is 1.85 bits per heavy atom. The highest BCUT2D eigenvalue weighted by Gasteiger charge is 2.41. The first kappa shape index (κ1) is 20.8. The van der Waals surface area contributed by atoms with E-state index in [0.29, 0.717) is 18.1 Å². The number of piperidine rings is 2. The van der Waals surface area contributed by atoms with E-state index in [2.05, 4.69) is 34.5 Å². The maximum Gasteiger partial charge on any atom is 0.191 e. The predicted molar refractivity (Wildman–Crippen MR) is 119 cm³/mol. The van der Waals surface area contributed by atoms with Gasteiger partial charge < -0.3 is 15.5 Å². The van der Waals surface area contributed by atoms with Crippen molar-refractivity contribution in [2.75, 3.05) is 13.6 Å². The first-order valence-electron chi connectivity index (χ1n) is 10.2. The smallest absolute Gasteiger partial charge is 0.191 e. The lowest BCUT2D eigenvalue weighted by atomic mass is 9.82. The molecule has 0 aromatic heterocycles. The fourth-order valence-corrected chi connectivity index (χ4v) is 4.87. The number of fused-ring (bicyclic) bond motifs is 2. The van der Waals surface area contributed by atoms with E-state index in [0.717, 1.165) is 24.5 Å². The Bertz CT molecular complexity index is 653. The molecule has 150 valence electrons. The van der Waals surface area contributed by atoms with E-state index < -0.39 is 0 Å². The average molecular weight is 486 g/mol.